The lowest BCUT2D eigenvalue weighted by molar-refractivity contribution is 0.133. The van der Waals surface area contributed by atoms with E-state index >= 15 is 0 Å². The van der Waals surface area contributed by atoms with Crippen molar-refractivity contribution in [3.8, 4) is 17.6 Å². The molecule has 3 aromatic heterocycles. The lowest BCUT2D eigenvalue weighted by Crippen LogP contribution is -2.55. The first-order valence-corrected chi connectivity index (χ1v) is 15.5. The third-order valence-electron chi connectivity index (χ3n) is 9.32. The van der Waals surface area contributed by atoms with Crippen LogP contribution in [-0.4, -0.2) is 78.4 Å². The summed E-state index contributed by atoms with van der Waals surface area (Å²) >= 11 is 1.52. The topological polar surface area (TPSA) is 123 Å². The minimum atomic E-state index is -0.547. The fourth-order valence-corrected chi connectivity index (χ4v) is 8.30. The third kappa shape index (κ3) is 4.42. The highest BCUT2D eigenvalue weighted by Crippen LogP contribution is 2.48. The Kier molecular flexibility index (Phi) is 6.65. The van der Waals surface area contributed by atoms with Crippen LogP contribution in [0.15, 0.2) is 16.7 Å². The zero-order chi connectivity index (χ0) is 27.3. The van der Waals surface area contributed by atoms with Gasteiger partial charge in [-0.1, -0.05) is 11.6 Å². The number of hydrogen-bond acceptors (Lipinski definition) is 11. The molecule has 3 aromatic rings. The van der Waals surface area contributed by atoms with Crippen molar-refractivity contribution in [3.05, 3.63) is 34.0 Å². The maximum Gasteiger partial charge on any atom is 0.237 e. The van der Waals surface area contributed by atoms with Crippen molar-refractivity contribution in [1.82, 2.24) is 25.3 Å². The van der Waals surface area contributed by atoms with E-state index in [1.807, 2.05) is 0 Å². The van der Waals surface area contributed by atoms with Crippen molar-refractivity contribution < 1.29 is 4.52 Å². The van der Waals surface area contributed by atoms with Crippen molar-refractivity contribution in [3.63, 3.8) is 0 Å². The molecule has 0 spiro atoms. The molecule has 7 rings (SSSR count). The highest BCUT2D eigenvalue weighted by Gasteiger charge is 2.43. The van der Waals surface area contributed by atoms with Gasteiger partial charge in [0.05, 0.1) is 11.0 Å². The molecule has 2 unspecified atom stereocenters. The zero-order valence-corrected chi connectivity index (χ0v) is 24.0. The van der Waals surface area contributed by atoms with E-state index in [4.69, 9.17) is 20.2 Å². The summed E-state index contributed by atoms with van der Waals surface area (Å²) in [6.07, 6.45) is 6.62. The normalized spacial score (nSPS) is 25.4. The highest BCUT2D eigenvalue weighted by molar-refractivity contribution is 7.16. The SMILES string of the molecule is CC1(c2nc(-c3cc(N4CCNCC4)cc(N4CCN5CCCCC5C4)n3)no2)CCCc2sc(N)c(C#N)c21. The van der Waals surface area contributed by atoms with Crippen molar-refractivity contribution in [2.45, 2.75) is 56.9 Å². The molecule has 3 N–H and O–H groups in total. The van der Waals surface area contributed by atoms with E-state index in [-0.39, 0.29) is 0 Å². The number of nitrogens with two attached hydrogens (primary N) is 1. The average molecular weight is 560 g/mol. The summed E-state index contributed by atoms with van der Waals surface area (Å²) in [7, 11) is 0. The Hall–Kier alpha value is -3.20. The molecule has 0 aromatic carbocycles. The van der Waals surface area contributed by atoms with E-state index in [1.165, 1.54) is 37.1 Å². The first kappa shape index (κ1) is 25.7. The van der Waals surface area contributed by atoms with Gasteiger partial charge in [0.2, 0.25) is 11.7 Å². The number of anilines is 3. The summed E-state index contributed by atoms with van der Waals surface area (Å²) in [5.74, 6) is 2.02. The van der Waals surface area contributed by atoms with Crippen LogP contribution >= 0.6 is 11.3 Å². The molecule has 11 heteroatoms. The van der Waals surface area contributed by atoms with Crippen LogP contribution in [0.3, 0.4) is 0 Å². The lowest BCUT2D eigenvalue weighted by atomic mass is 9.72. The Morgan fingerprint density at radius 1 is 1.10 bits per heavy atom. The number of piperazine rings is 2. The molecule has 0 saturated carbocycles. The van der Waals surface area contributed by atoms with Gasteiger partial charge in [-0.15, -0.1) is 11.3 Å². The van der Waals surface area contributed by atoms with Crippen LogP contribution in [0.2, 0.25) is 0 Å². The predicted octanol–water partition coefficient (Wildman–Crippen LogP) is 3.37. The molecular weight excluding hydrogens is 522 g/mol. The number of nitriles is 1. The fraction of sp³-hybridized carbons (Fsp3) is 0.586. The first-order chi connectivity index (χ1) is 19.5. The molecular formula is C29H37N9OS. The Balaban J connectivity index is 1.25. The molecule has 3 saturated heterocycles. The van der Waals surface area contributed by atoms with Crippen LogP contribution in [0, 0.1) is 11.3 Å². The van der Waals surface area contributed by atoms with E-state index in [0.29, 0.717) is 28.3 Å². The van der Waals surface area contributed by atoms with Crippen LogP contribution in [0.5, 0.6) is 0 Å². The lowest BCUT2D eigenvalue weighted by Gasteiger charge is -2.44. The predicted molar refractivity (Wildman–Crippen MR) is 157 cm³/mol. The highest BCUT2D eigenvalue weighted by atomic mass is 32.1. The summed E-state index contributed by atoms with van der Waals surface area (Å²) in [4.78, 5) is 18.8. The molecule has 210 valence electrons. The van der Waals surface area contributed by atoms with Crippen molar-refractivity contribution >= 4 is 27.8 Å². The second-order valence-electron chi connectivity index (χ2n) is 11.8. The first-order valence-electron chi connectivity index (χ1n) is 14.7. The summed E-state index contributed by atoms with van der Waals surface area (Å²) in [6, 6.07) is 7.29. The molecule has 40 heavy (non-hydrogen) atoms. The second-order valence-corrected chi connectivity index (χ2v) is 12.9. The van der Waals surface area contributed by atoms with E-state index < -0.39 is 5.41 Å². The number of nitrogens with one attached hydrogen (secondary N) is 1. The zero-order valence-electron chi connectivity index (χ0n) is 23.2. The van der Waals surface area contributed by atoms with E-state index in [9.17, 15) is 5.26 Å². The van der Waals surface area contributed by atoms with Gasteiger partial charge in [-0.2, -0.15) is 10.2 Å². The van der Waals surface area contributed by atoms with Crippen molar-refractivity contribution in [2.24, 2.45) is 0 Å². The largest absolute Gasteiger partial charge is 0.389 e. The van der Waals surface area contributed by atoms with Crippen LogP contribution in [0.1, 0.15) is 60.9 Å². The quantitative estimate of drug-likeness (QED) is 0.492. The number of hydrogen-bond donors (Lipinski definition) is 2. The molecule has 10 nitrogen and oxygen atoms in total. The molecule has 3 fully saturated rings. The van der Waals surface area contributed by atoms with Gasteiger partial charge in [0.25, 0.3) is 0 Å². The van der Waals surface area contributed by atoms with Gasteiger partial charge < -0.3 is 25.4 Å². The van der Waals surface area contributed by atoms with E-state index in [2.05, 4.69) is 50.3 Å². The molecule has 1 aliphatic carbocycles. The summed E-state index contributed by atoms with van der Waals surface area (Å²) in [6.45, 7) is 10.2. The number of fused-ring (bicyclic) bond motifs is 2. The van der Waals surface area contributed by atoms with Crippen LogP contribution in [0.25, 0.3) is 11.5 Å². The molecule has 4 aliphatic rings. The molecule has 6 heterocycles. The number of pyridine rings is 1. The number of nitrogens with zero attached hydrogens (tertiary/aromatic N) is 7. The van der Waals surface area contributed by atoms with Gasteiger partial charge in [0.15, 0.2) is 0 Å². The Bertz CT molecular complexity index is 1440. The number of rotatable bonds is 4. The molecule has 0 amide bonds. The average Bonchev–Trinajstić information content (AvgIpc) is 3.63. The maximum absolute atomic E-state index is 9.89. The molecule has 0 radical (unpaired) electrons. The minimum absolute atomic E-state index is 0.500. The summed E-state index contributed by atoms with van der Waals surface area (Å²) < 4.78 is 5.98. The molecule has 2 atom stereocenters. The Morgan fingerprint density at radius 2 is 1.98 bits per heavy atom. The smallest absolute Gasteiger partial charge is 0.237 e. The summed E-state index contributed by atoms with van der Waals surface area (Å²) in [5, 5.41) is 18.4. The van der Waals surface area contributed by atoms with Gasteiger partial charge in [-0.25, -0.2) is 4.98 Å². The molecule has 0 bridgehead atoms. The number of thiophene rings is 1. The second kappa shape index (κ2) is 10.3. The monoisotopic (exact) mass is 559 g/mol. The van der Waals surface area contributed by atoms with E-state index in [1.54, 1.807) is 0 Å². The Labute approximate surface area is 239 Å². The standard InChI is InChI=1S/C29H37N9OS/c1-29(7-4-6-23-25(29)21(17-30)26(31)40-23)28-34-27(35-39-28)22-15-20(37-11-8-32-9-12-37)16-24(33-22)38-14-13-36-10-3-2-5-19(36)18-38/h15-16,19,32H,2-14,18,31H2,1H3. The van der Waals surface area contributed by atoms with Crippen LogP contribution < -0.4 is 20.9 Å². The summed E-state index contributed by atoms with van der Waals surface area (Å²) in [5.41, 5.74) is 9.11. The number of aromatic nitrogens is 3. The maximum atomic E-state index is 9.89. The van der Waals surface area contributed by atoms with Crippen LogP contribution in [-0.2, 0) is 11.8 Å². The minimum Gasteiger partial charge on any atom is -0.389 e. The van der Waals surface area contributed by atoms with Gasteiger partial charge in [0, 0.05) is 74.0 Å². The van der Waals surface area contributed by atoms with Gasteiger partial charge >= 0.3 is 0 Å². The number of aryl methyl sites for hydroxylation is 1. The van der Waals surface area contributed by atoms with E-state index in [0.717, 1.165) is 92.7 Å². The third-order valence-corrected chi connectivity index (χ3v) is 10.4. The number of nitrogen functional groups attached to an aromatic ring is 1. The van der Waals surface area contributed by atoms with Gasteiger partial charge in [-0.05, 0) is 51.6 Å². The van der Waals surface area contributed by atoms with Gasteiger partial charge in [0.1, 0.15) is 22.6 Å². The Morgan fingerprint density at radius 3 is 2.83 bits per heavy atom. The van der Waals surface area contributed by atoms with Crippen LogP contribution in [0.4, 0.5) is 16.5 Å². The van der Waals surface area contributed by atoms with Gasteiger partial charge in [-0.3, -0.25) is 4.90 Å². The fourth-order valence-electron chi connectivity index (χ4n) is 7.11. The van der Waals surface area contributed by atoms with Crippen molar-refractivity contribution in [1.29, 1.82) is 5.26 Å². The molecule has 3 aliphatic heterocycles. The van der Waals surface area contributed by atoms with Crippen molar-refractivity contribution in [2.75, 3.05) is 67.9 Å². The number of piperidine rings is 1.